The van der Waals surface area contributed by atoms with Crippen LogP contribution in [0, 0.1) is 6.92 Å². The lowest BCUT2D eigenvalue weighted by Gasteiger charge is -2.10. The van der Waals surface area contributed by atoms with E-state index in [1.54, 1.807) is 6.92 Å². The maximum absolute atomic E-state index is 11.9. The average Bonchev–Trinajstić information content (AvgIpc) is 2.86. The van der Waals surface area contributed by atoms with Crippen molar-refractivity contribution in [3.8, 4) is 11.5 Å². The third-order valence-electron chi connectivity index (χ3n) is 3.12. The Labute approximate surface area is 131 Å². The molecule has 2 aromatic rings. The van der Waals surface area contributed by atoms with Gasteiger partial charge >= 0.3 is 0 Å². The number of nitrogens with zero attached hydrogens (tertiary/aromatic N) is 1. The first-order valence-electron chi connectivity index (χ1n) is 6.78. The normalized spacial score (nSPS) is 10.5. The van der Waals surface area contributed by atoms with Crippen LogP contribution in [0.2, 0.25) is 0 Å². The molecule has 8 heteroatoms. The minimum Gasteiger partial charge on any atom is -0.441 e. The Bertz CT molecular complexity index is 725. The Balaban J connectivity index is 2.11. The summed E-state index contributed by atoms with van der Waals surface area (Å²) in [6, 6.07) is 7.64. The molecular weight excluding hydrogens is 300 g/mol. The third-order valence-corrected chi connectivity index (χ3v) is 3.12. The number of nitrogens with one attached hydrogen (secondary N) is 1. The van der Waals surface area contributed by atoms with Gasteiger partial charge in [0.05, 0.1) is 12.1 Å². The zero-order valence-corrected chi connectivity index (χ0v) is 12.4. The van der Waals surface area contributed by atoms with Crippen molar-refractivity contribution in [3.05, 3.63) is 41.8 Å². The molecule has 0 saturated carbocycles. The van der Waals surface area contributed by atoms with Gasteiger partial charge in [-0.2, -0.15) is 0 Å². The number of carbonyl (C=O) groups is 3. The molecule has 2 rings (SSSR count). The molecule has 0 fully saturated rings. The van der Waals surface area contributed by atoms with Crippen molar-refractivity contribution in [1.82, 2.24) is 10.3 Å². The molecule has 0 atom stereocenters. The Morgan fingerprint density at radius 1 is 1.17 bits per heavy atom. The molecular formula is C15H16N4O4. The highest BCUT2D eigenvalue weighted by molar-refractivity contribution is 6.05. The fraction of sp³-hybridized carbons (Fsp3) is 0.200. The second kappa shape index (κ2) is 6.73. The van der Waals surface area contributed by atoms with Gasteiger partial charge in [-0.25, -0.2) is 4.98 Å². The summed E-state index contributed by atoms with van der Waals surface area (Å²) in [6.07, 6.45) is -0.167. The van der Waals surface area contributed by atoms with Gasteiger partial charge in [0.1, 0.15) is 5.76 Å². The summed E-state index contributed by atoms with van der Waals surface area (Å²) in [7, 11) is 0. The molecule has 0 aliphatic carbocycles. The summed E-state index contributed by atoms with van der Waals surface area (Å²) in [5.74, 6) is -1.80. The second-order valence-electron chi connectivity index (χ2n) is 4.87. The number of aromatic nitrogens is 1. The van der Waals surface area contributed by atoms with Crippen LogP contribution < -0.4 is 16.8 Å². The molecule has 0 radical (unpaired) electrons. The summed E-state index contributed by atoms with van der Waals surface area (Å²) < 4.78 is 5.53. The summed E-state index contributed by atoms with van der Waals surface area (Å²) in [6.45, 7) is 1.67. The topological polar surface area (TPSA) is 141 Å². The van der Waals surface area contributed by atoms with E-state index in [2.05, 4.69) is 10.3 Å². The summed E-state index contributed by atoms with van der Waals surface area (Å²) in [4.78, 5) is 38.3. The molecule has 0 spiro atoms. The molecule has 23 heavy (non-hydrogen) atoms. The van der Waals surface area contributed by atoms with Crippen molar-refractivity contribution >= 4 is 17.7 Å². The van der Waals surface area contributed by atoms with Crippen molar-refractivity contribution in [2.75, 3.05) is 0 Å². The first kappa shape index (κ1) is 16.2. The molecule has 0 saturated heterocycles. The van der Waals surface area contributed by atoms with Gasteiger partial charge in [0, 0.05) is 5.56 Å². The Morgan fingerprint density at radius 3 is 2.35 bits per heavy atom. The minimum atomic E-state index is -1.55. The summed E-state index contributed by atoms with van der Waals surface area (Å²) >= 11 is 0. The highest BCUT2D eigenvalue weighted by Gasteiger charge is 2.24. The maximum atomic E-state index is 11.9. The van der Waals surface area contributed by atoms with E-state index in [9.17, 15) is 14.4 Å². The van der Waals surface area contributed by atoms with E-state index in [-0.39, 0.29) is 6.42 Å². The van der Waals surface area contributed by atoms with Gasteiger partial charge in [-0.15, -0.1) is 0 Å². The number of rotatable bonds is 6. The summed E-state index contributed by atoms with van der Waals surface area (Å²) in [5.41, 5.74) is 11.2. The zero-order valence-electron chi connectivity index (χ0n) is 12.4. The number of hydrogen-bond acceptors (Lipinski definition) is 5. The van der Waals surface area contributed by atoms with Crippen LogP contribution in [-0.2, 0) is 20.8 Å². The SMILES string of the molecule is Cc1oc(-c2ccccc2)nc1CC(=O)NC(C(N)=O)C(N)=O. The fourth-order valence-electron chi connectivity index (χ4n) is 1.94. The quantitative estimate of drug-likeness (QED) is 0.624. The zero-order chi connectivity index (χ0) is 17.0. The molecule has 0 unspecified atom stereocenters. The second-order valence-corrected chi connectivity index (χ2v) is 4.87. The van der Waals surface area contributed by atoms with E-state index in [0.717, 1.165) is 5.56 Å². The van der Waals surface area contributed by atoms with Crippen LogP contribution in [0.15, 0.2) is 34.7 Å². The standard InChI is InChI=1S/C15H16N4O4/c1-8-10(7-11(20)19-12(13(16)21)14(17)22)18-15(23-8)9-5-3-2-4-6-9/h2-6,12H,7H2,1H3,(H2,16,21)(H2,17,22)(H,19,20). The smallest absolute Gasteiger partial charge is 0.249 e. The predicted octanol–water partition coefficient (Wildman–Crippen LogP) is -0.352. The predicted molar refractivity (Wildman–Crippen MR) is 80.7 cm³/mol. The van der Waals surface area contributed by atoms with Crippen LogP contribution in [0.3, 0.4) is 0 Å². The number of primary amides is 2. The lowest BCUT2D eigenvalue weighted by Crippen LogP contribution is -2.52. The van der Waals surface area contributed by atoms with E-state index >= 15 is 0 Å². The van der Waals surface area contributed by atoms with Crippen LogP contribution in [-0.4, -0.2) is 28.7 Å². The van der Waals surface area contributed by atoms with Crippen molar-refractivity contribution < 1.29 is 18.8 Å². The molecule has 0 aliphatic rings. The van der Waals surface area contributed by atoms with Gasteiger partial charge in [0.2, 0.25) is 23.6 Å². The van der Waals surface area contributed by atoms with Gasteiger partial charge < -0.3 is 21.2 Å². The van der Waals surface area contributed by atoms with Crippen molar-refractivity contribution in [3.63, 3.8) is 0 Å². The van der Waals surface area contributed by atoms with Gasteiger partial charge in [0.15, 0.2) is 6.04 Å². The van der Waals surface area contributed by atoms with Crippen molar-refractivity contribution in [1.29, 1.82) is 0 Å². The molecule has 120 valence electrons. The van der Waals surface area contributed by atoms with Crippen LogP contribution >= 0.6 is 0 Å². The highest BCUT2D eigenvalue weighted by atomic mass is 16.4. The highest BCUT2D eigenvalue weighted by Crippen LogP contribution is 2.21. The molecule has 1 aromatic carbocycles. The number of amides is 3. The van der Waals surface area contributed by atoms with Gasteiger partial charge in [-0.1, -0.05) is 18.2 Å². The molecule has 1 aromatic heterocycles. The first-order chi connectivity index (χ1) is 10.9. The van der Waals surface area contributed by atoms with E-state index in [0.29, 0.717) is 17.3 Å². The Kier molecular flexibility index (Phi) is 4.75. The Hall–Kier alpha value is -3.16. The molecule has 1 heterocycles. The number of oxazole rings is 1. The molecule has 3 amide bonds. The number of aryl methyl sites for hydroxylation is 1. The van der Waals surface area contributed by atoms with Gasteiger partial charge in [0.25, 0.3) is 0 Å². The van der Waals surface area contributed by atoms with E-state index < -0.39 is 23.8 Å². The van der Waals surface area contributed by atoms with Crippen LogP contribution in [0.4, 0.5) is 0 Å². The molecule has 8 nitrogen and oxygen atoms in total. The number of hydrogen-bond donors (Lipinski definition) is 3. The molecule has 0 aliphatic heterocycles. The van der Waals surface area contributed by atoms with Gasteiger partial charge in [-0.3, -0.25) is 14.4 Å². The number of benzene rings is 1. The minimum absolute atomic E-state index is 0.167. The van der Waals surface area contributed by atoms with E-state index in [1.165, 1.54) is 0 Å². The van der Waals surface area contributed by atoms with Crippen LogP contribution in [0.25, 0.3) is 11.5 Å². The lowest BCUT2D eigenvalue weighted by atomic mass is 10.2. The van der Waals surface area contributed by atoms with E-state index in [1.807, 2.05) is 30.3 Å². The third kappa shape index (κ3) is 3.94. The number of nitrogens with two attached hydrogens (primary N) is 2. The maximum Gasteiger partial charge on any atom is 0.249 e. The average molecular weight is 316 g/mol. The summed E-state index contributed by atoms with van der Waals surface area (Å²) in [5, 5.41) is 2.17. The number of carbonyl (C=O) groups excluding carboxylic acids is 3. The lowest BCUT2D eigenvalue weighted by molar-refractivity contribution is -0.133. The molecule has 5 N–H and O–H groups in total. The van der Waals surface area contributed by atoms with E-state index in [4.69, 9.17) is 15.9 Å². The van der Waals surface area contributed by atoms with Gasteiger partial charge in [-0.05, 0) is 19.1 Å². The Morgan fingerprint density at radius 2 is 1.78 bits per heavy atom. The van der Waals surface area contributed by atoms with Crippen LogP contribution in [0.1, 0.15) is 11.5 Å². The van der Waals surface area contributed by atoms with Crippen LogP contribution in [0.5, 0.6) is 0 Å². The monoisotopic (exact) mass is 316 g/mol. The largest absolute Gasteiger partial charge is 0.441 e. The molecule has 0 bridgehead atoms. The fourth-order valence-corrected chi connectivity index (χ4v) is 1.94. The van der Waals surface area contributed by atoms with Crippen molar-refractivity contribution in [2.24, 2.45) is 11.5 Å². The first-order valence-corrected chi connectivity index (χ1v) is 6.78. The van der Waals surface area contributed by atoms with Crippen molar-refractivity contribution in [2.45, 2.75) is 19.4 Å².